The molecule has 1 atom stereocenters. The highest BCUT2D eigenvalue weighted by molar-refractivity contribution is 7.59. The Morgan fingerprint density at radius 1 is 1.26 bits per heavy atom. The number of pyridine rings is 2. The zero-order valence-corrected chi connectivity index (χ0v) is 19.5. The van der Waals surface area contributed by atoms with Crippen molar-refractivity contribution < 1.29 is 24.1 Å². The van der Waals surface area contributed by atoms with E-state index in [9.17, 15) is 14.7 Å². The van der Waals surface area contributed by atoms with Crippen molar-refractivity contribution >= 4 is 19.5 Å². The van der Waals surface area contributed by atoms with E-state index in [-0.39, 0.29) is 30.5 Å². The molecule has 1 N–H and O–H groups in total. The normalized spacial score (nSPS) is 14.8. The monoisotopic (exact) mass is 450 g/mol. The molecular weight excluding hydrogens is 420 g/mol. The molecule has 0 unspecified atom stereocenters. The summed E-state index contributed by atoms with van der Waals surface area (Å²) in [5, 5.41) is 9.42. The van der Waals surface area contributed by atoms with Crippen LogP contribution >= 0.6 is 13.5 Å². The SMILES string of the molecule is COCCCOc1cc2c(nc1OC)-c1cc(=O)c(C(=O)O)cn1[C@H](C(C)(C)C)C2.S. The van der Waals surface area contributed by atoms with E-state index in [0.717, 1.165) is 12.0 Å². The van der Waals surface area contributed by atoms with Crippen LogP contribution in [-0.2, 0) is 11.2 Å². The second kappa shape index (κ2) is 9.74. The van der Waals surface area contributed by atoms with Gasteiger partial charge in [0.2, 0.25) is 0 Å². The number of hydrogen-bond acceptors (Lipinski definition) is 6. The predicted octanol–water partition coefficient (Wildman–Crippen LogP) is 3.29. The first-order valence-electron chi connectivity index (χ1n) is 9.87. The largest absolute Gasteiger partial charge is 0.488 e. The number of hydrogen-bond donors (Lipinski definition) is 1. The second-order valence-corrected chi connectivity index (χ2v) is 8.43. The fourth-order valence-electron chi connectivity index (χ4n) is 3.72. The summed E-state index contributed by atoms with van der Waals surface area (Å²) in [6.07, 6.45) is 2.79. The average molecular weight is 451 g/mol. The number of rotatable bonds is 7. The molecule has 1 aliphatic heterocycles. The number of nitrogens with zero attached hydrogens (tertiary/aromatic N) is 2. The van der Waals surface area contributed by atoms with Crippen LogP contribution in [0.5, 0.6) is 11.6 Å². The third-order valence-electron chi connectivity index (χ3n) is 5.28. The standard InChI is InChI=1S/C22H28N2O6.H2S/c1-22(2,3)18-10-13-9-17(30-8-6-7-28-4)20(29-5)23-19(13)15-11-16(25)14(21(26)27)12-24(15)18;/h9,11-12,18H,6-8,10H2,1-5H3,(H,26,27);1H2/t18-;/m0./s1. The van der Waals surface area contributed by atoms with Gasteiger partial charge in [0.05, 0.1) is 25.1 Å². The van der Waals surface area contributed by atoms with Gasteiger partial charge in [0.1, 0.15) is 5.56 Å². The van der Waals surface area contributed by atoms with Crippen molar-refractivity contribution in [3.8, 4) is 23.0 Å². The van der Waals surface area contributed by atoms with E-state index < -0.39 is 11.4 Å². The van der Waals surface area contributed by atoms with Crippen molar-refractivity contribution in [3.05, 3.63) is 39.7 Å². The zero-order chi connectivity index (χ0) is 22.1. The first-order chi connectivity index (χ1) is 14.2. The molecule has 0 spiro atoms. The molecule has 31 heavy (non-hydrogen) atoms. The molecule has 1 aliphatic rings. The Hall–Kier alpha value is -2.52. The summed E-state index contributed by atoms with van der Waals surface area (Å²) >= 11 is 0. The minimum absolute atomic E-state index is 0. The molecule has 9 heteroatoms. The van der Waals surface area contributed by atoms with Crippen molar-refractivity contribution in [2.75, 3.05) is 27.4 Å². The molecule has 0 bridgehead atoms. The smallest absolute Gasteiger partial charge is 0.341 e. The molecule has 2 aromatic heterocycles. The van der Waals surface area contributed by atoms with E-state index >= 15 is 0 Å². The summed E-state index contributed by atoms with van der Waals surface area (Å²) < 4.78 is 18.2. The number of carbonyl (C=O) groups is 1. The summed E-state index contributed by atoms with van der Waals surface area (Å²) in [4.78, 5) is 28.6. The van der Waals surface area contributed by atoms with Crippen LogP contribution in [0.4, 0.5) is 0 Å². The van der Waals surface area contributed by atoms with Crippen LogP contribution in [0, 0.1) is 5.41 Å². The van der Waals surface area contributed by atoms with Crippen molar-refractivity contribution in [1.82, 2.24) is 9.55 Å². The number of fused-ring (bicyclic) bond motifs is 3. The Kier molecular flexibility index (Phi) is 7.77. The Morgan fingerprint density at radius 2 is 1.97 bits per heavy atom. The highest BCUT2D eigenvalue weighted by Gasteiger charge is 2.35. The molecule has 0 aliphatic carbocycles. The summed E-state index contributed by atoms with van der Waals surface area (Å²) in [5.41, 5.74) is 1.13. The van der Waals surface area contributed by atoms with Gasteiger partial charge in [-0.15, -0.1) is 0 Å². The predicted molar refractivity (Wildman–Crippen MR) is 122 cm³/mol. The number of carboxylic acids is 1. The van der Waals surface area contributed by atoms with Crippen LogP contribution in [0.1, 0.15) is 49.2 Å². The molecule has 0 radical (unpaired) electrons. The van der Waals surface area contributed by atoms with Crippen LogP contribution < -0.4 is 14.9 Å². The van der Waals surface area contributed by atoms with Gasteiger partial charge in [0.25, 0.3) is 5.88 Å². The lowest BCUT2D eigenvalue weighted by Crippen LogP contribution is -2.33. The maximum atomic E-state index is 12.4. The van der Waals surface area contributed by atoms with Gasteiger partial charge >= 0.3 is 5.97 Å². The van der Waals surface area contributed by atoms with E-state index in [4.69, 9.17) is 14.2 Å². The number of methoxy groups -OCH3 is 2. The molecule has 0 saturated heterocycles. The fourth-order valence-corrected chi connectivity index (χ4v) is 3.72. The van der Waals surface area contributed by atoms with Crippen LogP contribution in [0.25, 0.3) is 11.4 Å². The number of aromatic nitrogens is 2. The third kappa shape index (κ3) is 5.04. The molecule has 0 fully saturated rings. The molecule has 8 nitrogen and oxygen atoms in total. The first-order valence-corrected chi connectivity index (χ1v) is 9.87. The van der Waals surface area contributed by atoms with Crippen molar-refractivity contribution in [3.63, 3.8) is 0 Å². The Bertz CT molecular complexity index is 1010. The molecule has 170 valence electrons. The minimum atomic E-state index is -1.24. The molecular formula is C22H30N2O6S. The topological polar surface area (TPSA) is 99.9 Å². The summed E-state index contributed by atoms with van der Waals surface area (Å²) in [7, 11) is 3.15. The van der Waals surface area contributed by atoms with E-state index in [0.29, 0.717) is 42.7 Å². The summed E-state index contributed by atoms with van der Waals surface area (Å²) in [6.45, 7) is 7.32. The molecule has 2 aromatic rings. The quantitative estimate of drug-likeness (QED) is 0.646. The Labute approximate surface area is 188 Å². The third-order valence-corrected chi connectivity index (χ3v) is 5.28. The van der Waals surface area contributed by atoms with Crippen molar-refractivity contribution in [1.29, 1.82) is 0 Å². The lowest BCUT2D eigenvalue weighted by atomic mass is 9.80. The molecule has 0 amide bonds. The molecule has 0 saturated carbocycles. The lowest BCUT2D eigenvalue weighted by molar-refractivity contribution is 0.0693. The van der Waals surface area contributed by atoms with Crippen molar-refractivity contribution in [2.45, 2.75) is 39.7 Å². The van der Waals surface area contributed by atoms with Gasteiger partial charge < -0.3 is 23.9 Å². The average Bonchev–Trinajstić information content (AvgIpc) is 2.68. The molecule has 3 rings (SSSR count). The van der Waals surface area contributed by atoms with Gasteiger partial charge in [0, 0.05) is 38.4 Å². The lowest BCUT2D eigenvalue weighted by Gasteiger charge is -2.38. The number of ether oxygens (including phenoxy) is 3. The second-order valence-electron chi connectivity index (χ2n) is 8.43. The van der Waals surface area contributed by atoms with E-state index in [1.165, 1.54) is 19.4 Å². The van der Waals surface area contributed by atoms with E-state index in [2.05, 4.69) is 25.8 Å². The van der Waals surface area contributed by atoms with Crippen LogP contribution in [-0.4, -0.2) is 48.1 Å². The number of aromatic carboxylic acids is 1. The maximum Gasteiger partial charge on any atom is 0.341 e. The van der Waals surface area contributed by atoms with Gasteiger partial charge in [-0.25, -0.2) is 9.78 Å². The Balaban J connectivity index is 0.00000341. The first kappa shape index (κ1) is 24.7. The number of carboxylic acid groups (broad SMARTS) is 1. The maximum absolute atomic E-state index is 12.4. The highest BCUT2D eigenvalue weighted by atomic mass is 32.1. The van der Waals surface area contributed by atoms with Gasteiger partial charge in [-0.05, 0) is 23.5 Å². The van der Waals surface area contributed by atoms with Crippen LogP contribution in [0.2, 0.25) is 0 Å². The zero-order valence-electron chi connectivity index (χ0n) is 18.5. The highest BCUT2D eigenvalue weighted by Crippen LogP contribution is 2.44. The van der Waals surface area contributed by atoms with Gasteiger partial charge in [-0.1, -0.05) is 20.8 Å². The fraction of sp³-hybridized carbons (Fsp3) is 0.500. The van der Waals surface area contributed by atoms with E-state index in [1.54, 1.807) is 7.11 Å². The molecule has 0 aromatic carbocycles. The summed E-state index contributed by atoms with van der Waals surface area (Å²) in [5.74, 6) is -0.376. The van der Waals surface area contributed by atoms with E-state index in [1.807, 2.05) is 10.6 Å². The van der Waals surface area contributed by atoms with Gasteiger partial charge in [-0.2, -0.15) is 13.5 Å². The van der Waals surface area contributed by atoms with Crippen LogP contribution in [0.15, 0.2) is 23.1 Å². The molecule has 3 heterocycles. The Morgan fingerprint density at radius 3 is 2.55 bits per heavy atom. The minimum Gasteiger partial charge on any atom is -0.488 e. The summed E-state index contributed by atoms with van der Waals surface area (Å²) in [6, 6.07) is 3.20. The van der Waals surface area contributed by atoms with Gasteiger partial charge in [-0.3, -0.25) is 4.79 Å². The van der Waals surface area contributed by atoms with Crippen molar-refractivity contribution in [2.24, 2.45) is 5.41 Å². The van der Waals surface area contributed by atoms with Crippen LogP contribution in [0.3, 0.4) is 0 Å². The van der Waals surface area contributed by atoms with Gasteiger partial charge in [0.15, 0.2) is 11.2 Å².